The lowest BCUT2D eigenvalue weighted by atomic mass is 9.86. The highest BCUT2D eigenvalue weighted by Gasteiger charge is 2.28. The van der Waals surface area contributed by atoms with E-state index in [1.165, 1.54) is 10.2 Å². The maximum absolute atomic E-state index is 12.8. The second-order valence-electron chi connectivity index (χ2n) is 7.69. The molecule has 1 aromatic carbocycles. The molecule has 2 aromatic rings. The van der Waals surface area contributed by atoms with Crippen LogP contribution in [0.3, 0.4) is 0 Å². The minimum absolute atomic E-state index is 0.0378. The topological polar surface area (TPSA) is 89.2 Å². The highest BCUT2D eigenvalue weighted by atomic mass is 16.4. The molecule has 0 spiro atoms. The first-order valence-corrected chi connectivity index (χ1v) is 9.83. The molecule has 4 rings (SSSR count). The molecule has 2 heterocycles. The number of hydrogen-bond acceptors (Lipinski definition) is 4. The van der Waals surface area contributed by atoms with Crippen molar-refractivity contribution in [1.82, 2.24) is 19.7 Å². The van der Waals surface area contributed by atoms with Gasteiger partial charge in [-0.15, -0.1) is 0 Å². The number of hydrogen-bond donors (Lipinski definition) is 2. The first-order valence-electron chi connectivity index (χ1n) is 9.83. The van der Waals surface area contributed by atoms with Crippen LogP contribution in [0.1, 0.15) is 56.0 Å². The smallest absolute Gasteiger partial charge is 0.350 e. The summed E-state index contributed by atoms with van der Waals surface area (Å²) in [4.78, 5) is 23.9. The lowest BCUT2D eigenvalue weighted by Crippen LogP contribution is -2.30. The highest BCUT2D eigenvalue weighted by Crippen LogP contribution is 2.31. The molecule has 1 aliphatic carbocycles. The third-order valence-electron chi connectivity index (χ3n) is 6.08. The van der Waals surface area contributed by atoms with Gasteiger partial charge in [0.1, 0.15) is 6.33 Å². The number of aromatic nitrogens is 3. The molecular weight excluding hydrogens is 344 g/mol. The van der Waals surface area contributed by atoms with Crippen molar-refractivity contribution >= 4 is 5.97 Å². The molecule has 7 nitrogen and oxygen atoms in total. The van der Waals surface area contributed by atoms with Gasteiger partial charge in [0.25, 0.3) is 0 Å². The third-order valence-corrected chi connectivity index (χ3v) is 6.08. The number of piperidine rings is 1. The number of rotatable bonds is 4. The van der Waals surface area contributed by atoms with E-state index in [4.69, 9.17) is 5.11 Å². The Bertz CT molecular complexity index is 841. The van der Waals surface area contributed by atoms with Crippen LogP contribution >= 0.6 is 0 Å². The second-order valence-corrected chi connectivity index (χ2v) is 7.69. The van der Waals surface area contributed by atoms with Gasteiger partial charge in [0.2, 0.25) is 0 Å². The summed E-state index contributed by atoms with van der Waals surface area (Å²) in [7, 11) is 0. The molecule has 144 valence electrons. The lowest BCUT2D eigenvalue weighted by Gasteiger charge is -2.26. The Labute approximate surface area is 158 Å². The van der Waals surface area contributed by atoms with Crippen molar-refractivity contribution in [3.05, 3.63) is 46.6 Å². The molecule has 0 bridgehead atoms. The van der Waals surface area contributed by atoms with Gasteiger partial charge in [-0.2, -0.15) is 9.78 Å². The normalized spacial score (nSPS) is 24.0. The highest BCUT2D eigenvalue weighted by molar-refractivity contribution is 5.70. The largest absolute Gasteiger partial charge is 0.481 e. The molecule has 1 aromatic heterocycles. The zero-order chi connectivity index (χ0) is 18.8. The summed E-state index contributed by atoms with van der Waals surface area (Å²) in [6.07, 6.45) is 6.52. The summed E-state index contributed by atoms with van der Waals surface area (Å²) in [6.45, 7) is 2.11. The molecule has 0 atom stereocenters. The lowest BCUT2D eigenvalue weighted by molar-refractivity contribution is -0.143. The van der Waals surface area contributed by atoms with Crippen molar-refractivity contribution in [3.8, 4) is 5.69 Å². The van der Waals surface area contributed by atoms with Crippen LogP contribution in [-0.4, -0.2) is 38.5 Å². The molecule has 0 amide bonds. The summed E-state index contributed by atoms with van der Waals surface area (Å²) in [6, 6.07) is 8.19. The van der Waals surface area contributed by atoms with Crippen molar-refractivity contribution in [3.63, 3.8) is 0 Å². The summed E-state index contributed by atoms with van der Waals surface area (Å²) in [5.41, 5.74) is 1.94. The molecule has 2 aliphatic rings. The number of nitrogens with zero attached hydrogens (tertiary/aromatic N) is 3. The molecule has 7 heteroatoms. The minimum atomic E-state index is -0.731. The van der Waals surface area contributed by atoms with E-state index in [1.54, 1.807) is 10.9 Å². The zero-order valence-electron chi connectivity index (χ0n) is 15.4. The van der Waals surface area contributed by atoms with Gasteiger partial charge in [0, 0.05) is 6.04 Å². The monoisotopic (exact) mass is 370 g/mol. The van der Waals surface area contributed by atoms with Crippen LogP contribution in [0.15, 0.2) is 35.4 Å². The van der Waals surface area contributed by atoms with Crippen LogP contribution in [0, 0.1) is 5.92 Å². The predicted molar refractivity (Wildman–Crippen MR) is 101 cm³/mol. The third kappa shape index (κ3) is 3.69. The number of benzene rings is 1. The van der Waals surface area contributed by atoms with Crippen LogP contribution in [-0.2, 0) is 4.79 Å². The van der Waals surface area contributed by atoms with Crippen LogP contribution in [0.25, 0.3) is 5.69 Å². The number of aliphatic carboxylic acids is 1. The van der Waals surface area contributed by atoms with E-state index in [0.717, 1.165) is 31.6 Å². The summed E-state index contributed by atoms with van der Waals surface area (Å²) in [5.74, 6) is -0.432. The van der Waals surface area contributed by atoms with E-state index in [1.807, 2.05) is 12.1 Å². The fourth-order valence-electron chi connectivity index (χ4n) is 4.39. The Morgan fingerprint density at radius 3 is 2.33 bits per heavy atom. The van der Waals surface area contributed by atoms with Crippen LogP contribution in [0.2, 0.25) is 0 Å². The molecule has 1 saturated carbocycles. The quantitative estimate of drug-likeness (QED) is 0.862. The first-order chi connectivity index (χ1) is 13.1. The second kappa shape index (κ2) is 7.68. The van der Waals surface area contributed by atoms with Gasteiger partial charge >= 0.3 is 11.7 Å². The number of carboxylic acids is 1. The Kier molecular flexibility index (Phi) is 5.11. The number of carboxylic acid groups (broad SMARTS) is 1. The van der Waals surface area contributed by atoms with Crippen molar-refractivity contribution in [1.29, 1.82) is 0 Å². The molecule has 2 fully saturated rings. The van der Waals surface area contributed by atoms with Crippen molar-refractivity contribution in [2.75, 3.05) is 13.1 Å². The average molecular weight is 370 g/mol. The number of carbonyl (C=O) groups is 1. The van der Waals surface area contributed by atoms with Crippen LogP contribution < -0.4 is 11.0 Å². The van der Waals surface area contributed by atoms with Crippen molar-refractivity contribution in [2.45, 2.75) is 50.5 Å². The van der Waals surface area contributed by atoms with Gasteiger partial charge in [0.15, 0.2) is 0 Å². The van der Waals surface area contributed by atoms with Gasteiger partial charge in [0.05, 0.1) is 11.6 Å². The molecular formula is C20H26N4O3. The van der Waals surface area contributed by atoms with E-state index in [2.05, 4.69) is 22.5 Å². The van der Waals surface area contributed by atoms with E-state index >= 15 is 0 Å². The summed E-state index contributed by atoms with van der Waals surface area (Å²) in [5, 5.41) is 16.8. The van der Waals surface area contributed by atoms with Crippen LogP contribution in [0.4, 0.5) is 0 Å². The minimum Gasteiger partial charge on any atom is -0.481 e. The molecule has 2 N–H and O–H groups in total. The van der Waals surface area contributed by atoms with Gasteiger partial charge in [-0.1, -0.05) is 12.1 Å². The van der Waals surface area contributed by atoms with E-state index in [-0.39, 0.29) is 17.6 Å². The molecule has 0 radical (unpaired) electrons. The summed E-state index contributed by atoms with van der Waals surface area (Å²) >= 11 is 0. The average Bonchev–Trinajstić information content (AvgIpc) is 3.10. The first kappa shape index (κ1) is 18.0. The summed E-state index contributed by atoms with van der Waals surface area (Å²) < 4.78 is 3.11. The van der Waals surface area contributed by atoms with Gasteiger partial charge in [-0.05, 0) is 75.2 Å². The molecule has 1 aliphatic heterocycles. The van der Waals surface area contributed by atoms with E-state index in [9.17, 15) is 9.59 Å². The maximum atomic E-state index is 12.8. The zero-order valence-corrected chi connectivity index (χ0v) is 15.4. The molecule has 1 saturated heterocycles. The Morgan fingerprint density at radius 2 is 1.70 bits per heavy atom. The van der Waals surface area contributed by atoms with E-state index in [0.29, 0.717) is 31.6 Å². The van der Waals surface area contributed by atoms with E-state index < -0.39 is 5.97 Å². The van der Waals surface area contributed by atoms with Gasteiger partial charge in [-0.3, -0.25) is 9.36 Å². The standard InChI is InChI=1S/C20H26N4O3/c25-19(26)16-3-5-17(6-4-16)23-13-22-24(20(23)27)18-7-1-14(2-8-18)15-9-11-21-12-10-15/h1-2,7-8,13,15-17,21H,3-6,9-12H2,(H,25,26)/t16-,17-. The van der Waals surface area contributed by atoms with Crippen molar-refractivity contribution < 1.29 is 9.90 Å². The Hall–Kier alpha value is -2.41. The van der Waals surface area contributed by atoms with Crippen LogP contribution in [0.5, 0.6) is 0 Å². The number of nitrogens with one attached hydrogen (secondary N) is 1. The molecule has 0 unspecified atom stereocenters. The van der Waals surface area contributed by atoms with Crippen molar-refractivity contribution in [2.24, 2.45) is 5.92 Å². The Balaban J connectivity index is 1.49. The molecule has 27 heavy (non-hydrogen) atoms. The fourth-order valence-corrected chi connectivity index (χ4v) is 4.39. The SMILES string of the molecule is O=c1n(-c2ccc(C3CCNCC3)cc2)ncn1[C@H]1CC[C@H](C(=O)O)CC1. The fraction of sp³-hybridized carbons (Fsp3) is 0.550. The maximum Gasteiger partial charge on any atom is 0.350 e. The van der Waals surface area contributed by atoms with Gasteiger partial charge in [-0.25, -0.2) is 4.79 Å². The predicted octanol–water partition coefficient (Wildman–Crippen LogP) is 2.32. The van der Waals surface area contributed by atoms with Gasteiger partial charge < -0.3 is 10.4 Å². The Morgan fingerprint density at radius 1 is 1.04 bits per heavy atom.